The predicted molar refractivity (Wildman–Crippen MR) is 102 cm³/mol. The maximum absolute atomic E-state index is 13.3. The molecule has 0 atom stereocenters. The number of benzene rings is 2. The van der Waals surface area contributed by atoms with Crippen molar-refractivity contribution in [1.29, 1.82) is 0 Å². The lowest BCUT2D eigenvalue weighted by atomic mass is 10.1. The van der Waals surface area contributed by atoms with Gasteiger partial charge in [0.2, 0.25) is 5.91 Å². The second kappa shape index (κ2) is 6.88. The van der Waals surface area contributed by atoms with E-state index >= 15 is 0 Å². The number of nitrogens with zero attached hydrogens (tertiary/aromatic N) is 2. The summed E-state index contributed by atoms with van der Waals surface area (Å²) in [6.45, 7) is 0.461. The van der Waals surface area contributed by atoms with Crippen LogP contribution in [0.3, 0.4) is 0 Å². The number of aryl methyl sites for hydroxylation is 1. The van der Waals surface area contributed by atoms with Crippen LogP contribution in [0.1, 0.15) is 17.5 Å². The lowest BCUT2D eigenvalue weighted by Crippen LogP contribution is -2.29. The van der Waals surface area contributed by atoms with Gasteiger partial charge in [0.05, 0.1) is 16.1 Å². The molecule has 0 saturated carbocycles. The van der Waals surface area contributed by atoms with Crippen molar-refractivity contribution in [1.82, 2.24) is 4.98 Å². The number of carbonyl (C=O) groups is 1. The molecule has 1 N–H and O–H groups in total. The van der Waals surface area contributed by atoms with E-state index in [-0.39, 0.29) is 30.0 Å². The number of pyridine rings is 1. The van der Waals surface area contributed by atoms with Crippen molar-refractivity contribution in [2.45, 2.75) is 19.3 Å². The number of non-ortho nitro benzene ring substituents is 1. The Morgan fingerprint density at radius 1 is 1.21 bits per heavy atom. The van der Waals surface area contributed by atoms with Crippen LogP contribution in [0.5, 0.6) is 0 Å². The minimum atomic E-state index is -0.487. The smallest absolute Gasteiger partial charge is 0.271 e. The summed E-state index contributed by atoms with van der Waals surface area (Å²) in [6.07, 6.45) is 0.960. The predicted octanol–water partition coefficient (Wildman–Crippen LogP) is 3.10. The second-order valence-electron chi connectivity index (χ2n) is 6.72. The third-order valence-electron chi connectivity index (χ3n) is 4.97. The van der Waals surface area contributed by atoms with Crippen LogP contribution in [0.15, 0.2) is 47.3 Å². The number of aromatic amines is 1. The zero-order chi connectivity index (χ0) is 19.8. The van der Waals surface area contributed by atoms with Crippen LogP contribution in [0.4, 0.5) is 15.8 Å². The van der Waals surface area contributed by atoms with E-state index in [4.69, 9.17) is 0 Å². The van der Waals surface area contributed by atoms with E-state index in [1.807, 2.05) is 0 Å². The Kier molecular flexibility index (Phi) is 4.38. The minimum absolute atomic E-state index is 0.0587. The van der Waals surface area contributed by atoms with E-state index < -0.39 is 10.7 Å². The van der Waals surface area contributed by atoms with Crippen molar-refractivity contribution in [2.24, 2.45) is 0 Å². The fourth-order valence-electron chi connectivity index (χ4n) is 3.52. The molecule has 0 radical (unpaired) electrons. The summed E-state index contributed by atoms with van der Waals surface area (Å²) in [5.41, 5.74) is 1.87. The fourth-order valence-corrected chi connectivity index (χ4v) is 3.52. The largest absolute Gasteiger partial charge is 0.322 e. The van der Waals surface area contributed by atoms with Crippen LogP contribution >= 0.6 is 0 Å². The number of fused-ring (bicyclic) bond motifs is 2. The molecule has 4 rings (SSSR count). The second-order valence-corrected chi connectivity index (χ2v) is 6.72. The van der Waals surface area contributed by atoms with Crippen molar-refractivity contribution in [3.05, 3.63) is 79.9 Å². The van der Waals surface area contributed by atoms with Gasteiger partial charge < -0.3 is 9.88 Å². The molecule has 0 aliphatic carbocycles. The number of rotatable bonds is 4. The Morgan fingerprint density at radius 3 is 2.82 bits per heavy atom. The number of aromatic nitrogens is 1. The summed E-state index contributed by atoms with van der Waals surface area (Å²) in [4.78, 5) is 39.6. The first kappa shape index (κ1) is 17.8. The van der Waals surface area contributed by atoms with Gasteiger partial charge in [-0.3, -0.25) is 19.7 Å². The number of nitro groups is 1. The standard InChI is InChI=1S/C20H16FN3O4/c21-15-4-1-13-9-14(20(26)22-17(13)10-15)3-6-19(25)23-8-7-12-2-5-16(24(27)28)11-18(12)23/h1-2,4-5,9-11H,3,6-8H2,(H,22,26). The van der Waals surface area contributed by atoms with Gasteiger partial charge in [-0.25, -0.2) is 4.39 Å². The van der Waals surface area contributed by atoms with Crippen molar-refractivity contribution in [3.8, 4) is 0 Å². The molecule has 0 saturated heterocycles. The normalized spacial score (nSPS) is 13.0. The number of anilines is 1. The van der Waals surface area contributed by atoms with E-state index in [2.05, 4.69) is 4.98 Å². The quantitative estimate of drug-likeness (QED) is 0.555. The number of nitro benzene ring substituents is 1. The number of carbonyl (C=O) groups excluding carboxylic acids is 1. The molecule has 142 valence electrons. The number of hydrogen-bond acceptors (Lipinski definition) is 4. The molecular formula is C20H16FN3O4. The molecule has 2 heterocycles. The average molecular weight is 381 g/mol. The summed E-state index contributed by atoms with van der Waals surface area (Å²) in [6, 6.07) is 10.3. The summed E-state index contributed by atoms with van der Waals surface area (Å²) in [5, 5.41) is 11.7. The molecule has 0 unspecified atom stereocenters. The molecule has 3 aromatic rings. The lowest BCUT2D eigenvalue weighted by molar-refractivity contribution is -0.384. The van der Waals surface area contributed by atoms with E-state index in [9.17, 15) is 24.1 Å². The zero-order valence-corrected chi connectivity index (χ0v) is 14.8. The molecule has 1 aliphatic heterocycles. The Bertz CT molecular complexity index is 1170. The first-order chi connectivity index (χ1) is 13.4. The molecule has 1 aromatic heterocycles. The Hall–Kier alpha value is -3.55. The maximum atomic E-state index is 13.3. The van der Waals surface area contributed by atoms with Crippen molar-refractivity contribution in [2.75, 3.05) is 11.4 Å². The van der Waals surface area contributed by atoms with Crippen LogP contribution in [0.25, 0.3) is 10.9 Å². The van der Waals surface area contributed by atoms with Gasteiger partial charge >= 0.3 is 0 Å². The van der Waals surface area contributed by atoms with Gasteiger partial charge in [0.1, 0.15) is 5.82 Å². The third-order valence-corrected chi connectivity index (χ3v) is 4.97. The number of hydrogen-bond donors (Lipinski definition) is 1. The van der Waals surface area contributed by atoms with E-state index in [1.54, 1.807) is 18.2 Å². The molecule has 7 nitrogen and oxygen atoms in total. The summed E-state index contributed by atoms with van der Waals surface area (Å²) >= 11 is 0. The molecule has 0 bridgehead atoms. The topological polar surface area (TPSA) is 96.3 Å². The van der Waals surface area contributed by atoms with Gasteiger partial charge in [0.15, 0.2) is 0 Å². The van der Waals surface area contributed by atoms with Crippen LogP contribution in [-0.4, -0.2) is 22.4 Å². The average Bonchev–Trinajstić information content (AvgIpc) is 3.09. The zero-order valence-electron chi connectivity index (χ0n) is 14.8. The number of amides is 1. The highest BCUT2D eigenvalue weighted by molar-refractivity contribution is 5.96. The minimum Gasteiger partial charge on any atom is -0.322 e. The van der Waals surface area contributed by atoms with Gasteiger partial charge in [-0.1, -0.05) is 6.07 Å². The molecule has 8 heteroatoms. The van der Waals surface area contributed by atoms with Crippen molar-refractivity contribution < 1.29 is 14.1 Å². The first-order valence-corrected chi connectivity index (χ1v) is 8.81. The molecule has 28 heavy (non-hydrogen) atoms. The fraction of sp³-hybridized carbons (Fsp3) is 0.200. The van der Waals surface area contributed by atoms with Crippen LogP contribution in [0.2, 0.25) is 0 Å². The SMILES string of the molecule is O=C(CCc1cc2ccc(F)cc2[nH]c1=O)N1CCc2ccc([N+](=O)[O-])cc21. The van der Waals surface area contributed by atoms with E-state index in [0.717, 1.165) is 5.56 Å². The Morgan fingerprint density at radius 2 is 2.04 bits per heavy atom. The number of H-pyrrole nitrogens is 1. The molecule has 0 fully saturated rings. The van der Waals surface area contributed by atoms with Gasteiger partial charge in [0, 0.05) is 30.7 Å². The monoisotopic (exact) mass is 381 g/mol. The highest BCUT2D eigenvalue weighted by Crippen LogP contribution is 2.32. The molecule has 2 aromatic carbocycles. The Balaban J connectivity index is 1.53. The molecular weight excluding hydrogens is 365 g/mol. The molecule has 1 amide bonds. The summed E-state index contributed by atoms with van der Waals surface area (Å²) < 4.78 is 13.3. The molecule has 1 aliphatic rings. The summed E-state index contributed by atoms with van der Waals surface area (Å²) in [5.74, 6) is -0.634. The number of nitrogens with one attached hydrogen (secondary N) is 1. The van der Waals surface area contributed by atoms with Gasteiger partial charge in [0.25, 0.3) is 11.2 Å². The van der Waals surface area contributed by atoms with Gasteiger partial charge in [-0.15, -0.1) is 0 Å². The van der Waals surface area contributed by atoms with Crippen LogP contribution < -0.4 is 10.5 Å². The van der Waals surface area contributed by atoms with E-state index in [1.165, 1.54) is 29.2 Å². The van der Waals surface area contributed by atoms with Crippen LogP contribution in [-0.2, 0) is 17.6 Å². The third kappa shape index (κ3) is 3.24. The van der Waals surface area contributed by atoms with Gasteiger partial charge in [-0.2, -0.15) is 0 Å². The van der Waals surface area contributed by atoms with Crippen LogP contribution in [0, 0.1) is 15.9 Å². The summed E-state index contributed by atoms with van der Waals surface area (Å²) in [7, 11) is 0. The first-order valence-electron chi connectivity index (χ1n) is 8.81. The van der Waals surface area contributed by atoms with Gasteiger partial charge in [-0.05, 0) is 48.1 Å². The lowest BCUT2D eigenvalue weighted by Gasteiger charge is -2.17. The van der Waals surface area contributed by atoms with Crippen molar-refractivity contribution >= 4 is 28.2 Å². The highest BCUT2D eigenvalue weighted by atomic mass is 19.1. The molecule has 0 spiro atoms. The Labute approximate surface area is 158 Å². The maximum Gasteiger partial charge on any atom is 0.271 e. The highest BCUT2D eigenvalue weighted by Gasteiger charge is 2.26. The van der Waals surface area contributed by atoms with Crippen molar-refractivity contribution in [3.63, 3.8) is 0 Å². The number of halogens is 1. The van der Waals surface area contributed by atoms with E-state index in [0.29, 0.717) is 35.1 Å².